The Labute approximate surface area is 93.4 Å². The molecule has 0 amide bonds. The molecule has 0 radical (unpaired) electrons. The fourth-order valence-electron chi connectivity index (χ4n) is 1.04. The second-order valence-corrected chi connectivity index (χ2v) is 6.62. The van der Waals surface area contributed by atoms with Crippen molar-refractivity contribution in [2.45, 2.75) is 31.3 Å². The van der Waals surface area contributed by atoms with Gasteiger partial charge >= 0.3 is 0 Å². The standard InChI is InChI=1S/C12H15NOS/c1-12(2,3)15(14)9-11-6-4-10(8-13)5-7-11/h4-7H,9H2,1-3H3/t15-/m0/s1. The summed E-state index contributed by atoms with van der Waals surface area (Å²) in [6, 6.07) is 9.31. The van der Waals surface area contributed by atoms with Gasteiger partial charge in [0.05, 0.1) is 11.6 Å². The van der Waals surface area contributed by atoms with Gasteiger partial charge in [0.1, 0.15) is 0 Å². The van der Waals surface area contributed by atoms with Crippen LogP contribution in [0.3, 0.4) is 0 Å². The van der Waals surface area contributed by atoms with Crippen LogP contribution in [0.5, 0.6) is 0 Å². The third kappa shape index (κ3) is 3.49. The molecule has 0 aromatic heterocycles. The highest BCUT2D eigenvalue weighted by molar-refractivity contribution is 7.85. The fraction of sp³-hybridized carbons (Fsp3) is 0.417. The lowest BCUT2D eigenvalue weighted by Crippen LogP contribution is -2.22. The Kier molecular flexibility index (Phi) is 3.65. The van der Waals surface area contributed by atoms with E-state index < -0.39 is 10.8 Å². The summed E-state index contributed by atoms with van der Waals surface area (Å²) in [5, 5.41) is 8.63. The van der Waals surface area contributed by atoms with Crippen LogP contribution in [-0.2, 0) is 16.6 Å². The Morgan fingerprint density at radius 3 is 2.20 bits per heavy atom. The monoisotopic (exact) mass is 221 g/mol. The number of nitrogens with zero attached hydrogens (tertiary/aromatic N) is 1. The van der Waals surface area contributed by atoms with E-state index in [0.717, 1.165) is 5.56 Å². The Morgan fingerprint density at radius 1 is 1.27 bits per heavy atom. The van der Waals surface area contributed by atoms with Crippen LogP contribution >= 0.6 is 0 Å². The predicted octanol–water partition coefficient (Wildman–Crippen LogP) is 2.61. The third-order valence-corrected chi connectivity index (χ3v) is 4.03. The van der Waals surface area contributed by atoms with E-state index in [9.17, 15) is 4.21 Å². The van der Waals surface area contributed by atoms with Crippen molar-refractivity contribution in [1.29, 1.82) is 5.26 Å². The molecule has 1 atom stereocenters. The summed E-state index contributed by atoms with van der Waals surface area (Å²) in [7, 11) is -0.880. The first-order valence-corrected chi connectivity index (χ1v) is 6.13. The van der Waals surface area contributed by atoms with Crippen LogP contribution in [0, 0.1) is 11.3 Å². The maximum Gasteiger partial charge on any atom is 0.0991 e. The molecule has 0 spiro atoms. The molecule has 0 heterocycles. The average Bonchev–Trinajstić information content (AvgIpc) is 2.17. The summed E-state index contributed by atoms with van der Waals surface area (Å²) in [6.07, 6.45) is 0. The zero-order chi connectivity index (χ0) is 11.5. The molecule has 0 saturated heterocycles. The van der Waals surface area contributed by atoms with Gasteiger partial charge in [0, 0.05) is 21.3 Å². The van der Waals surface area contributed by atoms with Crippen molar-refractivity contribution in [2.75, 3.05) is 0 Å². The maximum absolute atomic E-state index is 11.8. The summed E-state index contributed by atoms with van der Waals surface area (Å²) in [5.74, 6) is 0.551. The molecule has 0 N–H and O–H groups in total. The van der Waals surface area contributed by atoms with Gasteiger partial charge in [0.15, 0.2) is 0 Å². The largest absolute Gasteiger partial charge is 0.259 e. The quantitative estimate of drug-likeness (QED) is 0.770. The minimum atomic E-state index is -0.880. The highest BCUT2D eigenvalue weighted by Crippen LogP contribution is 2.16. The van der Waals surface area contributed by atoms with Crippen molar-refractivity contribution in [1.82, 2.24) is 0 Å². The fourth-order valence-corrected chi connectivity index (χ4v) is 1.97. The van der Waals surface area contributed by atoms with E-state index in [1.165, 1.54) is 0 Å². The van der Waals surface area contributed by atoms with Gasteiger partial charge in [-0.2, -0.15) is 5.26 Å². The van der Waals surface area contributed by atoms with Gasteiger partial charge in [-0.15, -0.1) is 0 Å². The molecule has 1 aromatic carbocycles. The zero-order valence-electron chi connectivity index (χ0n) is 9.28. The number of rotatable bonds is 2. The minimum Gasteiger partial charge on any atom is -0.259 e. The number of hydrogen-bond acceptors (Lipinski definition) is 2. The molecule has 0 aliphatic rings. The first kappa shape index (κ1) is 11.9. The molecule has 0 aliphatic heterocycles. The van der Waals surface area contributed by atoms with E-state index in [1.807, 2.05) is 32.9 Å². The van der Waals surface area contributed by atoms with E-state index >= 15 is 0 Å². The SMILES string of the molecule is CC(C)(C)[S@@](=O)Cc1ccc(C#N)cc1. The molecular formula is C12H15NOS. The highest BCUT2D eigenvalue weighted by Gasteiger charge is 2.19. The molecule has 3 heteroatoms. The lowest BCUT2D eigenvalue weighted by Gasteiger charge is -2.17. The second-order valence-electron chi connectivity index (χ2n) is 4.41. The van der Waals surface area contributed by atoms with Crippen LogP contribution < -0.4 is 0 Å². The van der Waals surface area contributed by atoms with Crippen LogP contribution in [0.2, 0.25) is 0 Å². The van der Waals surface area contributed by atoms with E-state index in [0.29, 0.717) is 11.3 Å². The molecule has 0 unspecified atom stereocenters. The van der Waals surface area contributed by atoms with Gasteiger partial charge < -0.3 is 0 Å². The van der Waals surface area contributed by atoms with Gasteiger partial charge in [-0.05, 0) is 38.5 Å². The molecule has 0 bridgehead atoms. The lowest BCUT2D eigenvalue weighted by atomic mass is 10.2. The molecule has 0 aliphatic carbocycles. The first-order chi connectivity index (χ1) is 6.93. The van der Waals surface area contributed by atoms with Crippen molar-refractivity contribution in [2.24, 2.45) is 0 Å². The lowest BCUT2D eigenvalue weighted by molar-refractivity contribution is 0.648. The summed E-state index contributed by atoms with van der Waals surface area (Å²) in [5.41, 5.74) is 1.66. The van der Waals surface area contributed by atoms with Crippen molar-refractivity contribution < 1.29 is 4.21 Å². The average molecular weight is 221 g/mol. The number of benzene rings is 1. The molecule has 2 nitrogen and oxygen atoms in total. The Morgan fingerprint density at radius 2 is 1.80 bits per heavy atom. The van der Waals surface area contributed by atoms with E-state index in [4.69, 9.17) is 5.26 Å². The normalized spacial score (nSPS) is 13.2. The molecule has 0 fully saturated rings. The molecule has 0 saturated carbocycles. The number of nitriles is 1. The van der Waals surface area contributed by atoms with E-state index in [-0.39, 0.29) is 4.75 Å². The smallest absolute Gasteiger partial charge is 0.0991 e. The molecule has 1 rings (SSSR count). The second kappa shape index (κ2) is 4.59. The molecule has 1 aromatic rings. The predicted molar refractivity (Wildman–Crippen MR) is 62.8 cm³/mol. The van der Waals surface area contributed by atoms with Gasteiger partial charge in [0.2, 0.25) is 0 Å². The van der Waals surface area contributed by atoms with E-state index in [1.54, 1.807) is 12.1 Å². The molecule has 15 heavy (non-hydrogen) atoms. The van der Waals surface area contributed by atoms with Crippen molar-refractivity contribution >= 4 is 10.8 Å². The van der Waals surface area contributed by atoms with E-state index in [2.05, 4.69) is 6.07 Å². The van der Waals surface area contributed by atoms with Crippen molar-refractivity contribution in [3.05, 3.63) is 35.4 Å². The van der Waals surface area contributed by atoms with Crippen LogP contribution in [0.25, 0.3) is 0 Å². The zero-order valence-corrected chi connectivity index (χ0v) is 10.1. The Bertz CT molecular complexity index is 395. The van der Waals surface area contributed by atoms with Crippen LogP contribution in [0.1, 0.15) is 31.9 Å². The Balaban J connectivity index is 2.75. The van der Waals surface area contributed by atoms with Crippen LogP contribution in [0.15, 0.2) is 24.3 Å². The van der Waals surface area contributed by atoms with Gasteiger partial charge in [0.25, 0.3) is 0 Å². The summed E-state index contributed by atoms with van der Waals surface area (Å²) < 4.78 is 11.6. The highest BCUT2D eigenvalue weighted by atomic mass is 32.2. The summed E-state index contributed by atoms with van der Waals surface area (Å²) in [6.45, 7) is 5.90. The van der Waals surface area contributed by atoms with Gasteiger partial charge in [-0.1, -0.05) is 12.1 Å². The molecule has 80 valence electrons. The van der Waals surface area contributed by atoms with Crippen molar-refractivity contribution in [3.8, 4) is 6.07 Å². The summed E-state index contributed by atoms with van der Waals surface area (Å²) in [4.78, 5) is 0. The van der Waals surface area contributed by atoms with Crippen molar-refractivity contribution in [3.63, 3.8) is 0 Å². The van der Waals surface area contributed by atoms with Gasteiger partial charge in [-0.3, -0.25) is 4.21 Å². The summed E-state index contributed by atoms with van der Waals surface area (Å²) >= 11 is 0. The topological polar surface area (TPSA) is 40.9 Å². The van der Waals surface area contributed by atoms with Crippen LogP contribution in [-0.4, -0.2) is 8.96 Å². The third-order valence-electron chi connectivity index (χ3n) is 2.06. The van der Waals surface area contributed by atoms with Crippen LogP contribution in [0.4, 0.5) is 0 Å². The minimum absolute atomic E-state index is 0.187. The Hall–Kier alpha value is -1.14. The van der Waals surface area contributed by atoms with Gasteiger partial charge in [-0.25, -0.2) is 0 Å². The first-order valence-electron chi connectivity index (χ1n) is 4.81. The molecular weight excluding hydrogens is 206 g/mol. The number of hydrogen-bond donors (Lipinski definition) is 0. The maximum atomic E-state index is 11.8.